The van der Waals surface area contributed by atoms with Gasteiger partial charge in [0.25, 0.3) is 0 Å². The van der Waals surface area contributed by atoms with Crippen molar-refractivity contribution in [1.82, 2.24) is 5.43 Å². The molecule has 1 aliphatic carbocycles. The summed E-state index contributed by atoms with van der Waals surface area (Å²) in [5.74, 6) is 0.962. The first kappa shape index (κ1) is 11.7. The number of carbonyl (C=O) groups is 1. The number of nitrogens with zero attached hydrogens (tertiary/aromatic N) is 1. The lowest BCUT2D eigenvalue weighted by Gasteiger charge is -1.99. The van der Waals surface area contributed by atoms with Gasteiger partial charge in [0.1, 0.15) is 5.76 Å². The Balaban J connectivity index is 1.53. The van der Waals surface area contributed by atoms with Gasteiger partial charge in [-0.25, -0.2) is 5.43 Å². The number of nitrogens with one attached hydrogen (secondary N) is 1. The minimum Gasteiger partial charge on any atom is -0.463 e. The molecule has 4 nitrogen and oxygen atoms in total. The first-order valence-electron chi connectivity index (χ1n) is 6.26. The summed E-state index contributed by atoms with van der Waals surface area (Å²) in [4.78, 5) is 11.9. The van der Waals surface area contributed by atoms with Gasteiger partial charge in [0, 0.05) is 5.92 Å². The van der Waals surface area contributed by atoms with Gasteiger partial charge in [-0.15, -0.1) is 0 Å². The highest BCUT2D eigenvalue weighted by Gasteiger charge is 2.43. The highest BCUT2D eigenvalue weighted by molar-refractivity contribution is 5.84. The third-order valence-electron chi connectivity index (χ3n) is 3.26. The molecule has 1 fully saturated rings. The van der Waals surface area contributed by atoms with Crippen LogP contribution in [0.4, 0.5) is 0 Å². The molecule has 2 aromatic rings. The second-order valence-electron chi connectivity index (χ2n) is 4.61. The van der Waals surface area contributed by atoms with Crippen LogP contribution in [-0.4, -0.2) is 12.1 Å². The lowest BCUT2D eigenvalue weighted by molar-refractivity contribution is -0.122. The topological polar surface area (TPSA) is 54.6 Å². The highest BCUT2D eigenvalue weighted by Crippen LogP contribution is 2.47. The number of furan rings is 1. The summed E-state index contributed by atoms with van der Waals surface area (Å²) in [6.07, 6.45) is 3.96. The van der Waals surface area contributed by atoms with Crippen LogP contribution in [0.3, 0.4) is 0 Å². The van der Waals surface area contributed by atoms with Crippen LogP contribution >= 0.6 is 0 Å². The van der Waals surface area contributed by atoms with Gasteiger partial charge in [0.05, 0.1) is 12.5 Å². The maximum atomic E-state index is 11.9. The molecule has 3 rings (SSSR count). The lowest BCUT2D eigenvalue weighted by Crippen LogP contribution is -2.20. The molecule has 1 N–H and O–H groups in total. The summed E-state index contributed by atoms with van der Waals surface area (Å²) in [5, 5.41) is 3.88. The zero-order chi connectivity index (χ0) is 13.1. The molecule has 0 spiro atoms. The van der Waals surface area contributed by atoms with Gasteiger partial charge in [-0.3, -0.25) is 4.79 Å². The van der Waals surface area contributed by atoms with Crippen LogP contribution < -0.4 is 5.43 Å². The lowest BCUT2D eigenvalue weighted by atomic mass is 10.1. The number of benzene rings is 1. The summed E-state index contributed by atoms with van der Waals surface area (Å²) < 4.78 is 5.08. The molecule has 1 aliphatic rings. The Hall–Kier alpha value is -2.36. The fourth-order valence-electron chi connectivity index (χ4n) is 2.16. The highest BCUT2D eigenvalue weighted by atomic mass is 16.3. The number of carbonyl (C=O) groups excluding carboxylic acids is 1. The van der Waals surface area contributed by atoms with Gasteiger partial charge in [-0.1, -0.05) is 30.3 Å². The van der Waals surface area contributed by atoms with E-state index in [0.29, 0.717) is 11.7 Å². The monoisotopic (exact) mass is 254 g/mol. The van der Waals surface area contributed by atoms with Crippen LogP contribution in [0.1, 0.15) is 23.7 Å². The first-order chi connectivity index (χ1) is 9.34. The van der Waals surface area contributed by atoms with Gasteiger partial charge in [0.2, 0.25) is 5.91 Å². The average Bonchev–Trinajstić information content (AvgIpc) is 3.09. The number of rotatable bonds is 4. The standard InChI is InChI=1S/C15H14N2O2/c18-15(17-16-10-12-7-4-8-19-12)14-9-13(14)11-5-2-1-3-6-11/h1-8,10,13-14H,9H2,(H,17,18)/t13-,14-/m1/s1. The smallest absolute Gasteiger partial charge is 0.243 e. The molecule has 2 atom stereocenters. The van der Waals surface area contributed by atoms with E-state index in [1.807, 2.05) is 18.2 Å². The predicted octanol–water partition coefficient (Wildman–Crippen LogP) is 2.53. The van der Waals surface area contributed by atoms with E-state index in [4.69, 9.17) is 4.42 Å². The van der Waals surface area contributed by atoms with Gasteiger partial charge < -0.3 is 4.42 Å². The number of hydrogen-bond donors (Lipinski definition) is 1. The van der Waals surface area contributed by atoms with E-state index in [-0.39, 0.29) is 11.8 Å². The normalized spacial score (nSPS) is 21.5. The Morgan fingerprint density at radius 2 is 2.11 bits per heavy atom. The molecule has 0 aliphatic heterocycles. The van der Waals surface area contributed by atoms with Crippen molar-refractivity contribution in [3.8, 4) is 0 Å². The van der Waals surface area contributed by atoms with Crippen molar-refractivity contribution in [2.24, 2.45) is 11.0 Å². The van der Waals surface area contributed by atoms with Crippen LogP contribution in [0.2, 0.25) is 0 Å². The van der Waals surface area contributed by atoms with Gasteiger partial charge >= 0.3 is 0 Å². The molecule has 4 heteroatoms. The first-order valence-corrected chi connectivity index (χ1v) is 6.26. The number of hydrogen-bond acceptors (Lipinski definition) is 3. The third kappa shape index (κ3) is 2.73. The molecule has 0 saturated heterocycles. The van der Waals surface area contributed by atoms with Crippen molar-refractivity contribution in [3.05, 3.63) is 60.1 Å². The Labute approximate surface area is 111 Å². The molecule has 1 amide bonds. The van der Waals surface area contributed by atoms with Crippen molar-refractivity contribution < 1.29 is 9.21 Å². The quantitative estimate of drug-likeness (QED) is 0.673. The number of amides is 1. The fraction of sp³-hybridized carbons (Fsp3) is 0.200. The molecule has 1 aromatic carbocycles. The molecule has 0 radical (unpaired) electrons. The summed E-state index contributed by atoms with van der Waals surface area (Å²) in [6.45, 7) is 0. The molecular formula is C15H14N2O2. The zero-order valence-electron chi connectivity index (χ0n) is 10.3. The summed E-state index contributed by atoms with van der Waals surface area (Å²) in [7, 11) is 0. The molecule has 1 heterocycles. The maximum Gasteiger partial charge on any atom is 0.243 e. The third-order valence-corrected chi connectivity index (χ3v) is 3.26. The SMILES string of the molecule is O=C(NN=Cc1ccco1)[C@@H]1C[C@@H]1c1ccccc1. The summed E-state index contributed by atoms with van der Waals surface area (Å²) in [5.41, 5.74) is 3.77. The van der Waals surface area contributed by atoms with E-state index >= 15 is 0 Å². The van der Waals surface area contributed by atoms with E-state index < -0.39 is 0 Å². The Kier molecular flexibility index (Phi) is 3.14. The average molecular weight is 254 g/mol. The molecular weight excluding hydrogens is 240 g/mol. The Morgan fingerprint density at radius 3 is 2.84 bits per heavy atom. The van der Waals surface area contributed by atoms with Crippen LogP contribution in [-0.2, 0) is 4.79 Å². The minimum atomic E-state index is -0.0309. The Morgan fingerprint density at radius 1 is 1.26 bits per heavy atom. The fourth-order valence-corrected chi connectivity index (χ4v) is 2.16. The zero-order valence-corrected chi connectivity index (χ0v) is 10.3. The van der Waals surface area contributed by atoms with E-state index in [1.165, 1.54) is 11.8 Å². The Bertz CT molecular complexity index is 575. The summed E-state index contributed by atoms with van der Waals surface area (Å²) >= 11 is 0. The van der Waals surface area contributed by atoms with Crippen molar-refractivity contribution in [3.63, 3.8) is 0 Å². The van der Waals surface area contributed by atoms with Gasteiger partial charge in [0.15, 0.2) is 0 Å². The second-order valence-corrected chi connectivity index (χ2v) is 4.61. The largest absolute Gasteiger partial charge is 0.463 e. The van der Waals surface area contributed by atoms with Crippen LogP contribution in [0.5, 0.6) is 0 Å². The molecule has 19 heavy (non-hydrogen) atoms. The van der Waals surface area contributed by atoms with Gasteiger partial charge in [-0.05, 0) is 30.0 Å². The van der Waals surface area contributed by atoms with E-state index in [0.717, 1.165) is 6.42 Å². The minimum absolute atomic E-state index is 0.0309. The summed E-state index contributed by atoms with van der Waals surface area (Å²) in [6, 6.07) is 13.6. The van der Waals surface area contributed by atoms with Crippen molar-refractivity contribution in [2.45, 2.75) is 12.3 Å². The van der Waals surface area contributed by atoms with Gasteiger partial charge in [-0.2, -0.15) is 5.10 Å². The number of hydrazone groups is 1. The van der Waals surface area contributed by atoms with Crippen molar-refractivity contribution in [1.29, 1.82) is 0 Å². The molecule has 96 valence electrons. The molecule has 1 saturated carbocycles. The molecule has 0 bridgehead atoms. The van der Waals surface area contributed by atoms with E-state index in [1.54, 1.807) is 18.4 Å². The maximum absolute atomic E-state index is 11.9. The molecule has 1 aromatic heterocycles. The predicted molar refractivity (Wildman–Crippen MR) is 71.7 cm³/mol. The van der Waals surface area contributed by atoms with Crippen molar-refractivity contribution in [2.75, 3.05) is 0 Å². The van der Waals surface area contributed by atoms with Crippen molar-refractivity contribution >= 4 is 12.1 Å². The van der Waals surface area contributed by atoms with Crippen LogP contribution in [0.25, 0.3) is 0 Å². The van der Waals surface area contributed by atoms with Crippen LogP contribution in [0, 0.1) is 5.92 Å². The second kappa shape index (κ2) is 5.10. The van der Waals surface area contributed by atoms with E-state index in [9.17, 15) is 4.79 Å². The van der Waals surface area contributed by atoms with Crippen LogP contribution in [0.15, 0.2) is 58.2 Å². The van der Waals surface area contributed by atoms with E-state index in [2.05, 4.69) is 22.7 Å². The molecule has 0 unspecified atom stereocenters.